The van der Waals surface area contributed by atoms with E-state index in [4.69, 9.17) is 4.74 Å². The number of benzene rings is 2. The molecule has 0 saturated carbocycles. The molecule has 1 N–H and O–H groups in total. The summed E-state index contributed by atoms with van der Waals surface area (Å²) in [6.07, 6.45) is 2.12. The zero-order valence-electron chi connectivity index (χ0n) is 16.6. The molecule has 0 atom stereocenters. The molecule has 2 rings (SSSR count). The third-order valence-electron chi connectivity index (χ3n) is 4.04. The van der Waals surface area contributed by atoms with E-state index in [2.05, 4.69) is 5.32 Å². The van der Waals surface area contributed by atoms with Crippen molar-refractivity contribution < 1.29 is 17.9 Å². The van der Waals surface area contributed by atoms with Crippen molar-refractivity contribution in [2.45, 2.75) is 32.9 Å². The van der Waals surface area contributed by atoms with Gasteiger partial charge in [-0.05, 0) is 50.1 Å². The first kappa shape index (κ1) is 21.9. The first-order valence-electron chi connectivity index (χ1n) is 9.29. The van der Waals surface area contributed by atoms with Gasteiger partial charge in [-0.3, -0.25) is 9.10 Å². The maximum absolute atomic E-state index is 12.2. The van der Waals surface area contributed by atoms with Gasteiger partial charge in [-0.25, -0.2) is 8.42 Å². The van der Waals surface area contributed by atoms with Crippen molar-refractivity contribution in [3.63, 3.8) is 0 Å². The standard InChI is InChI=1S/C21H28N2O4S/c1-17(2)27-15-7-14-22-21(24)19-12-10-18(11-13-19)16-23(28(3,25)26)20-8-5-4-6-9-20/h4-6,8-13,17H,7,14-16H2,1-3H3,(H,22,24). The highest BCUT2D eigenvalue weighted by molar-refractivity contribution is 7.92. The maximum atomic E-state index is 12.2. The van der Waals surface area contributed by atoms with Crippen molar-refractivity contribution >= 4 is 21.6 Å². The average Bonchev–Trinajstić information content (AvgIpc) is 2.65. The molecule has 28 heavy (non-hydrogen) atoms. The SMILES string of the molecule is CC(C)OCCCNC(=O)c1ccc(CN(c2ccccc2)S(C)(=O)=O)cc1. The number of hydrogen-bond acceptors (Lipinski definition) is 4. The van der Waals surface area contributed by atoms with E-state index in [1.54, 1.807) is 48.5 Å². The molecule has 0 aliphatic heterocycles. The van der Waals surface area contributed by atoms with Crippen molar-refractivity contribution in [1.82, 2.24) is 5.32 Å². The lowest BCUT2D eigenvalue weighted by molar-refractivity contribution is 0.0757. The molecule has 0 fully saturated rings. The van der Waals surface area contributed by atoms with Crippen molar-refractivity contribution in [2.75, 3.05) is 23.7 Å². The number of sulfonamides is 1. The van der Waals surface area contributed by atoms with Crippen molar-refractivity contribution in [2.24, 2.45) is 0 Å². The molecule has 0 unspecified atom stereocenters. The molecule has 0 aromatic heterocycles. The molecular formula is C21H28N2O4S. The lowest BCUT2D eigenvalue weighted by Gasteiger charge is -2.22. The van der Waals surface area contributed by atoms with Gasteiger partial charge in [0.2, 0.25) is 10.0 Å². The number of amides is 1. The highest BCUT2D eigenvalue weighted by Gasteiger charge is 2.17. The van der Waals surface area contributed by atoms with E-state index in [1.807, 2.05) is 19.9 Å². The number of ether oxygens (including phenoxy) is 1. The molecule has 0 saturated heterocycles. The third kappa shape index (κ3) is 6.98. The second kappa shape index (κ2) is 10.2. The van der Waals surface area contributed by atoms with Crippen LogP contribution in [-0.2, 0) is 21.3 Å². The van der Waals surface area contributed by atoms with E-state index >= 15 is 0 Å². The smallest absolute Gasteiger partial charge is 0.251 e. The molecule has 152 valence electrons. The quantitative estimate of drug-likeness (QED) is 0.617. The molecule has 0 aliphatic rings. The highest BCUT2D eigenvalue weighted by atomic mass is 32.2. The fourth-order valence-corrected chi connectivity index (χ4v) is 3.51. The summed E-state index contributed by atoms with van der Waals surface area (Å²) in [7, 11) is -3.42. The first-order valence-corrected chi connectivity index (χ1v) is 11.1. The number of para-hydroxylation sites is 1. The number of nitrogens with one attached hydrogen (secondary N) is 1. The van der Waals surface area contributed by atoms with Crippen LogP contribution in [0.4, 0.5) is 5.69 Å². The Hall–Kier alpha value is -2.38. The summed E-state index contributed by atoms with van der Waals surface area (Å²) < 4.78 is 31.1. The predicted octanol–water partition coefficient (Wildman–Crippen LogP) is 3.20. The van der Waals surface area contributed by atoms with Crippen LogP contribution in [0.5, 0.6) is 0 Å². The van der Waals surface area contributed by atoms with Crippen LogP contribution in [0, 0.1) is 0 Å². The van der Waals surface area contributed by atoms with Crippen molar-refractivity contribution in [3.8, 4) is 0 Å². The van der Waals surface area contributed by atoms with Gasteiger partial charge in [0.1, 0.15) is 0 Å². The third-order valence-corrected chi connectivity index (χ3v) is 5.19. The molecule has 7 heteroatoms. The van der Waals surface area contributed by atoms with Gasteiger partial charge in [-0.15, -0.1) is 0 Å². The van der Waals surface area contributed by atoms with Crippen LogP contribution in [-0.4, -0.2) is 39.8 Å². The second-order valence-corrected chi connectivity index (χ2v) is 8.74. The van der Waals surface area contributed by atoms with E-state index in [1.165, 1.54) is 10.6 Å². The van der Waals surface area contributed by atoms with Crippen molar-refractivity contribution in [3.05, 3.63) is 65.7 Å². The zero-order chi connectivity index (χ0) is 20.6. The Kier molecular flexibility index (Phi) is 8.02. The summed E-state index contributed by atoms with van der Waals surface area (Å²) in [5, 5.41) is 2.86. The number of carbonyl (C=O) groups excluding carboxylic acids is 1. The average molecular weight is 405 g/mol. The molecule has 0 spiro atoms. The highest BCUT2D eigenvalue weighted by Crippen LogP contribution is 2.20. The molecule has 0 bridgehead atoms. The summed E-state index contributed by atoms with van der Waals surface area (Å²) in [4.78, 5) is 12.2. The lowest BCUT2D eigenvalue weighted by Crippen LogP contribution is -2.29. The fraction of sp³-hybridized carbons (Fsp3) is 0.381. The Balaban J connectivity index is 1.96. The number of nitrogens with zero attached hydrogens (tertiary/aromatic N) is 1. The summed E-state index contributed by atoms with van der Waals surface area (Å²) >= 11 is 0. The molecule has 1 amide bonds. The Labute approximate surface area is 167 Å². The predicted molar refractivity (Wildman–Crippen MR) is 112 cm³/mol. The largest absolute Gasteiger partial charge is 0.379 e. The summed E-state index contributed by atoms with van der Waals surface area (Å²) in [6, 6.07) is 15.9. The molecule has 6 nitrogen and oxygen atoms in total. The minimum atomic E-state index is -3.42. The lowest BCUT2D eigenvalue weighted by atomic mass is 10.1. The normalized spacial score (nSPS) is 11.4. The minimum absolute atomic E-state index is 0.154. The van der Waals surface area contributed by atoms with E-state index < -0.39 is 10.0 Å². The molecule has 0 heterocycles. The van der Waals surface area contributed by atoms with Gasteiger partial charge in [0, 0.05) is 18.7 Å². The van der Waals surface area contributed by atoms with Crippen LogP contribution in [0.25, 0.3) is 0 Å². The van der Waals surface area contributed by atoms with Gasteiger partial charge in [0.25, 0.3) is 5.91 Å². The fourth-order valence-electron chi connectivity index (χ4n) is 2.62. The summed E-state index contributed by atoms with van der Waals surface area (Å²) in [6.45, 7) is 5.31. The van der Waals surface area contributed by atoms with Crippen LogP contribution in [0.2, 0.25) is 0 Å². The van der Waals surface area contributed by atoms with Crippen LogP contribution in [0.3, 0.4) is 0 Å². The van der Waals surface area contributed by atoms with Gasteiger partial charge in [-0.2, -0.15) is 0 Å². The second-order valence-electron chi connectivity index (χ2n) is 6.83. The van der Waals surface area contributed by atoms with Crippen LogP contribution < -0.4 is 9.62 Å². The number of hydrogen-bond donors (Lipinski definition) is 1. The number of rotatable bonds is 10. The Morgan fingerprint density at radius 1 is 1.07 bits per heavy atom. The molecule has 0 aliphatic carbocycles. The molecule has 2 aromatic carbocycles. The topological polar surface area (TPSA) is 75.7 Å². The molecular weight excluding hydrogens is 376 g/mol. The Morgan fingerprint density at radius 2 is 1.71 bits per heavy atom. The van der Waals surface area contributed by atoms with E-state index in [-0.39, 0.29) is 18.6 Å². The van der Waals surface area contributed by atoms with Gasteiger partial charge in [0.05, 0.1) is 24.6 Å². The zero-order valence-corrected chi connectivity index (χ0v) is 17.4. The van der Waals surface area contributed by atoms with Gasteiger partial charge in [0.15, 0.2) is 0 Å². The summed E-state index contributed by atoms with van der Waals surface area (Å²) in [5.41, 5.74) is 1.95. The minimum Gasteiger partial charge on any atom is -0.379 e. The molecule has 0 radical (unpaired) electrons. The first-order chi connectivity index (χ1) is 13.3. The number of carbonyl (C=O) groups is 1. The van der Waals surface area contributed by atoms with Crippen LogP contribution in [0.1, 0.15) is 36.2 Å². The Morgan fingerprint density at radius 3 is 2.29 bits per heavy atom. The summed E-state index contributed by atoms with van der Waals surface area (Å²) in [5.74, 6) is -0.154. The monoisotopic (exact) mass is 404 g/mol. The molecule has 2 aromatic rings. The van der Waals surface area contributed by atoms with E-state index in [9.17, 15) is 13.2 Å². The number of anilines is 1. The van der Waals surface area contributed by atoms with Crippen LogP contribution in [0.15, 0.2) is 54.6 Å². The van der Waals surface area contributed by atoms with E-state index in [0.29, 0.717) is 24.4 Å². The van der Waals surface area contributed by atoms with Gasteiger partial charge < -0.3 is 10.1 Å². The Bertz CT molecular complexity index is 850. The van der Waals surface area contributed by atoms with Crippen LogP contribution >= 0.6 is 0 Å². The maximum Gasteiger partial charge on any atom is 0.251 e. The van der Waals surface area contributed by atoms with Gasteiger partial charge >= 0.3 is 0 Å². The van der Waals surface area contributed by atoms with Crippen molar-refractivity contribution in [1.29, 1.82) is 0 Å². The van der Waals surface area contributed by atoms with E-state index in [0.717, 1.165) is 12.0 Å². The van der Waals surface area contributed by atoms with Gasteiger partial charge in [-0.1, -0.05) is 30.3 Å².